The maximum Gasteiger partial charge on any atom is 0.146 e. The van der Waals surface area contributed by atoms with Gasteiger partial charge in [-0.15, -0.1) is 0 Å². The standard InChI is InChI=1S/C23H28FN3OS/c1-22(2,3)29(28)27-23(13-12-16-4-5-16,18-8-6-17(15-25)7-9-18)19-10-11-20(24)21(26)14-19/h6-11,14,16,27H,4-5,12-13,26H2,1-3H3/t23-,29?/m1/s1. The summed E-state index contributed by atoms with van der Waals surface area (Å²) in [5, 5.41) is 9.18. The predicted octanol–water partition coefficient (Wildman–Crippen LogP) is 4.77. The smallest absolute Gasteiger partial charge is 0.146 e. The lowest BCUT2D eigenvalue weighted by Gasteiger charge is -2.38. The van der Waals surface area contributed by atoms with Crippen LogP contribution in [-0.4, -0.2) is 8.96 Å². The van der Waals surface area contributed by atoms with Gasteiger partial charge in [-0.1, -0.05) is 31.0 Å². The van der Waals surface area contributed by atoms with Crippen LogP contribution in [0.15, 0.2) is 42.5 Å². The lowest BCUT2D eigenvalue weighted by Crippen LogP contribution is -2.49. The molecule has 0 bridgehead atoms. The number of rotatable bonds is 7. The van der Waals surface area contributed by atoms with Crippen molar-refractivity contribution in [2.45, 2.75) is 56.7 Å². The molecule has 1 aliphatic rings. The molecule has 2 aromatic rings. The average Bonchev–Trinajstić information content (AvgIpc) is 3.51. The molecule has 29 heavy (non-hydrogen) atoms. The van der Waals surface area contributed by atoms with Gasteiger partial charge in [-0.3, -0.25) is 0 Å². The molecule has 0 saturated heterocycles. The minimum atomic E-state index is -1.37. The molecular formula is C23H28FN3OS. The maximum atomic E-state index is 13.9. The molecule has 1 aliphatic carbocycles. The number of halogens is 1. The molecule has 6 heteroatoms. The Morgan fingerprint density at radius 1 is 1.17 bits per heavy atom. The van der Waals surface area contributed by atoms with Gasteiger partial charge in [0.25, 0.3) is 0 Å². The zero-order valence-electron chi connectivity index (χ0n) is 17.2. The fourth-order valence-corrected chi connectivity index (χ4v) is 4.36. The first kappa shape index (κ1) is 21.5. The Labute approximate surface area is 174 Å². The summed E-state index contributed by atoms with van der Waals surface area (Å²) < 4.78 is 30.0. The number of nitrogens with two attached hydrogens (primary N) is 1. The van der Waals surface area contributed by atoms with Crippen LogP contribution < -0.4 is 10.5 Å². The summed E-state index contributed by atoms with van der Waals surface area (Å²) in [5.41, 5.74) is 7.40. The Morgan fingerprint density at radius 3 is 2.31 bits per heavy atom. The first-order valence-corrected chi connectivity index (χ1v) is 11.1. The van der Waals surface area contributed by atoms with Crippen molar-refractivity contribution in [2.75, 3.05) is 5.73 Å². The zero-order valence-corrected chi connectivity index (χ0v) is 18.0. The van der Waals surface area contributed by atoms with Crippen LogP contribution in [0.4, 0.5) is 10.1 Å². The highest BCUT2D eigenvalue weighted by molar-refractivity contribution is 7.84. The molecule has 0 heterocycles. The third-order valence-corrected chi connectivity index (χ3v) is 7.09. The van der Waals surface area contributed by atoms with E-state index in [2.05, 4.69) is 10.8 Å². The minimum Gasteiger partial charge on any atom is -0.396 e. The molecule has 154 valence electrons. The van der Waals surface area contributed by atoms with Crippen LogP contribution in [0.3, 0.4) is 0 Å². The third kappa shape index (κ3) is 4.85. The van der Waals surface area contributed by atoms with Crippen LogP contribution in [0.5, 0.6) is 0 Å². The van der Waals surface area contributed by atoms with Gasteiger partial charge in [0.2, 0.25) is 0 Å². The minimum absolute atomic E-state index is 0.0651. The zero-order chi connectivity index (χ0) is 21.2. The van der Waals surface area contributed by atoms with Crippen molar-refractivity contribution in [3.63, 3.8) is 0 Å². The van der Waals surface area contributed by atoms with E-state index >= 15 is 0 Å². The monoisotopic (exact) mass is 413 g/mol. The normalized spacial score (nSPS) is 17.3. The van der Waals surface area contributed by atoms with Crippen LogP contribution in [-0.2, 0) is 16.5 Å². The van der Waals surface area contributed by atoms with E-state index in [4.69, 9.17) is 5.73 Å². The molecule has 3 rings (SSSR count). The van der Waals surface area contributed by atoms with Crippen molar-refractivity contribution in [3.8, 4) is 6.07 Å². The van der Waals surface area contributed by atoms with Gasteiger partial charge in [-0.05, 0) is 74.9 Å². The number of anilines is 1. The molecule has 2 atom stereocenters. The summed E-state index contributed by atoms with van der Waals surface area (Å²) in [7, 11) is -1.37. The van der Waals surface area contributed by atoms with Gasteiger partial charge >= 0.3 is 0 Å². The van der Waals surface area contributed by atoms with Crippen LogP contribution in [0.1, 0.15) is 63.1 Å². The Morgan fingerprint density at radius 2 is 1.79 bits per heavy atom. The lowest BCUT2D eigenvalue weighted by molar-refractivity contribution is 0.415. The number of benzene rings is 2. The number of nitrogens with one attached hydrogen (secondary N) is 1. The lowest BCUT2D eigenvalue weighted by atomic mass is 9.79. The largest absolute Gasteiger partial charge is 0.396 e. The number of nitrogens with zero attached hydrogens (tertiary/aromatic N) is 1. The van der Waals surface area contributed by atoms with E-state index in [1.54, 1.807) is 24.3 Å². The van der Waals surface area contributed by atoms with E-state index in [1.165, 1.54) is 18.9 Å². The Hall–Kier alpha value is -2.23. The van der Waals surface area contributed by atoms with Gasteiger partial charge in [0.05, 0.1) is 38.6 Å². The van der Waals surface area contributed by atoms with Gasteiger partial charge in [0.1, 0.15) is 5.82 Å². The molecule has 0 aliphatic heterocycles. The Kier molecular flexibility index (Phi) is 6.11. The second-order valence-corrected chi connectivity index (χ2v) is 10.8. The van der Waals surface area contributed by atoms with E-state index < -0.39 is 27.1 Å². The van der Waals surface area contributed by atoms with Gasteiger partial charge in [-0.2, -0.15) is 5.26 Å². The van der Waals surface area contributed by atoms with E-state index in [-0.39, 0.29) is 5.69 Å². The molecule has 0 radical (unpaired) electrons. The van der Waals surface area contributed by atoms with Crippen molar-refractivity contribution < 1.29 is 8.60 Å². The number of nitrogen functional groups attached to an aromatic ring is 1. The predicted molar refractivity (Wildman–Crippen MR) is 116 cm³/mol. The highest BCUT2D eigenvalue weighted by atomic mass is 32.2. The van der Waals surface area contributed by atoms with E-state index in [9.17, 15) is 13.9 Å². The van der Waals surface area contributed by atoms with E-state index in [1.807, 2.05) is 32.9 Å². The number of hydrogen-bond acceptors (Lipinski definition) is 3. The van der Waals surface area contributed by atoms with Gasteiger partial charge in [0.15, 0.2) is 0 Å². The second kappa shape index (κ2) is 8.25. The third-order valence-electron chi connectivity index (χ3n) is 5.44. The van der Waals surface area contributed by atoms with Crippen molar-refractivity contribution in [1.29, 1.82) is 5.26 Å². The number of hydrogen-bond donors (Lipinski definition) is 2. The molecule has 3 N–H and O–H groups in total. The fraction of sp³-hybridized carbons (Fsp3) is 0.435. The van der Waals surface area contributed by atoms with Gasteiger partial charge in [0, 0.05) is 0 Å². The summed E-state index contributed by atoms with van der Waals surface area (Å²) in [6.45, 7) is 5.75. The SMILES string of the molecule is CC(C)(C)S(=O)N[C@](CCC1CC1)(c1ccc(C#N)cc1)c1ccc(F)c(N)c1. The summed E-state index contributed by atoms with van der Waals surface area (Å²) in [5.74, 6) is 0.192. The van der Waals surface area contributed by atoms with Crippen LogP contribution in [0, 0.1) is 23.1 Å². The topological polar surface area (TPSA) is 78.9 Å². The van der Waals surface area contributed by atoms with E-state index in [0.717, 1.165) is 17.5 Å². The number of nitriles is 1. The molecule has 2 aromatic carbocycles. The summed E-state index contributed by atoms with van der Waals surface area (Å²) in [6.07, 6.45) is 4.08. The molecule has 4 nitrogen and oxygen atoms in total. The van der Waals surface area contributed by atoms with Gasteiger partial charge < -0.3 is 5.73 Å². The van der Waals surface area contributed by atoms with Gasteiger partial charge in [-0.25, -0.2) is 13.3 Å². The van der Waals surface area contributed by atoms with E-state index in [0.29, 0.717) is 17.9 Å². The summed E-state index contributed by atoms with van der Waals surface area (Å²) >= 11 is 0. The molecule has 1 saturated carbocycles. The molecular weight excluding hydrogens is 385 g/mol. The molecule has 0 spiro atoms. The molecule has 1 fully saturated rings. The van der Waals surface area contributed by atoms with Crippen molar-refractivity contribution >= 4 is 16.7 Å². The Balaban J connectivity index is 2.16. The van der Waals surface area contributed by atoms with Crippen LogP contribution >= 0.6 is 0 Å². The fourth-order valence-electron chi connectivity index (χ4n) is 3.40. The summed E-state index contributed by atoms with van der Waals surface area (Å²) in [4.78, 5) is 0. The molecule has 0 amide bonds. The first-order valence-electron chi connectivity index (χ1n) is 9.91. The molecule has 0 aromatic heterocycles. The maximum absolute atomic E-state index is 13.9. The van der Waals surface area contributed by atoms with Crippen LogP contribution in [0.2, 0.25) is 0 Å². The average molecular weight is 414 g/mol. The van der Waals surface area contributed by atoms with Crippen molar-refractivity contribution in [3.05, 3.63) is 65.0 Å². The second-order valence-electron chi connectivity index (χ2n) is 8.80. The Bertz CT molecular complexity index is 942. The summed E-state index contributed by atoms with van der Waals surface area (Å²) in [6, 6.07) is 14.1. The highest BCUT2D eigenvalue weighted by Crippen LogP contribution is 2.42. The highest BCUT2D eigenvalue weighted by Gasteiger charge is 2.40. The quantitative estimate of drug-likeness (QED) is 0.642. The molecule has 1 unspecified atom stereocenters. The van der Waals surface area contributed by atoms with Crippen LogP contribution in [0.25, 0.3) is 0 Å². The van der Waals surface area contributed by atoms with Crippen molar-refractivity contribution in [2.24, 2.45) is 5.92 Å². The van der Waals surface area contributed by atoms with Crippen molar-refractivity contribution in [1.82, 2.24) is 4.72 Å². The first-order chi connectivity index (χ1) is 13.7.